The van der Waals surface area contributed by atoms with Gasteiger partial charge in [0.2, 0.25) is 11.8 Å². The second kappa shape index (κ2) is 11.3. The molecule has 2 aromatic rings. The summed E-state index contributed by atoms with van der Waals surface area (Å²) in [6.07, 6.45) is 0.402. The van der Waals surface area contributed by atoms with Crippen molar-refractivity contribution in [3.8, 4) is 0 Å². The van der Waals surface area contributed by atoms with Crippen molar-refractivity contribution in [2.75, 3.05) is 32.7 Å². The van der Waals surface area contributed by atoms with Gasteiger partial charge in [-0.05, 0) is 63.4 Å². The Morgan fingerprint density at radius 1 is 1.05 bits per heavy atom. The zero-order valence-corrected chi connectivity index (χ0v) is 23.2. The number of hydrogen-bond acceptors (Lipinski definition) is 4. The molecule has 9 heteroatoms. The Morgan fingerprint density at radius 3 is 2.34 bits per heavy atom. The molecule has 2 saturated heterocycles. The molecule has 2 aromatic carbocycles. The molecule has 0 saturated carbocycles. The van der Waals surface area contributed by atoms with Crippen LogP contribution in [0.15, 0.2) is 42.5 Å². The van der Waals surface area contributed by atoms with Gasteiger partial charge in [-0.2, -0.15) is 0 Å². The van der Waals surface area contributed by atoms with E-state index in [9.17, 15) is 18.4 Å². The van der Waals surface area contributed by atoms with Crippen molar-refractivity contribution < 1.29 is 18.4 Å². The summed E-state index contributed by atoms with van der Waals surface area (Å²) in [7, 11) is 0. The lowest BCUT2D eigenvalue weighted by Crippen LogP contribution is -2.59. The van der Waals surface area contributed by atoms with Gasteiger partial charge in [-0.3, -0.25) is 14.5 Å². The fourth-order valence-electron chi connectivity index (χ4n) is 5.61. The third-order valence-corrected chi connectivity index (χ3v) is 8.11. The first-order chi connectivity index (χ1) is 17.8. The van der Waals surface area contributed by atoms with Crippen LogP contribution in [-0.2, 0) is 16.0 Å². The van der Waals surface area contributed by atoms with Crippen molar-refractivity contribution >= 4 is 23.4 Å². The number of nitrogens with two attached hydrogens (primary N) is 1. The van der Waals surface area contributed by atoms with Gasteiger partial charge in [0.25, 0.3) is 0 Å². The highest BCUT2D eigenvalue weighted by molar-refractivity contribution is 6.30. The molecule has 2 heterocycles. The molecule has 0 aliphatic carbocycles. The van der Waals surface area contributed by atoms with Gasteiger partial charge in [0.1, 0.15) is 11.6 Å². The summed E-state index contributed by atoms with van der Waals surface area (Å²) in [5.74, 6) is -2.32. The first-order valence-electron chi connectivity index (χ1n) is 13.1. The van der Waals surface area contributed by atoms with E-state index in [1.54, 1.807) is 21.9 Å². The Bertz CT molecular complexity index is 1170. The first-order valence-corrected chi connectivity index (χ1v) is 13.5. The molecular formula is C29H37ClF2N4O2. The van der Waals surface area contributed by atoms with Crippen LogP contribution in [0.4, 0.5) is 8.78 Å². The Hall–Kier alpha value is -2.55. The summed E-state index contributed by atoms with van der Waals surface area (Å²) in [5, 5.41) is 0.626. The van der Waals surface area contributed by atoms with E-state index in [-0.39, 0.29) is 29.3 Å². The number of hydrogen-bond donors (Lipinski definition) is 1. The molecule has 2 aliphatic rings. The molecule has 2 amide bonds. The van der Waals surface area contributed by atoms with Gasteiger partial charge < -0.3 is 15.5 Å². The van der Waals surface area contributed by atoms with E-state index in [0.717, 1.165) is 11.6 Å². The van der Waals surface area contributed by atoms with Crippen molar-refractivity contribution in [3.63, 3.8) is 0 Å². The molecule has 0 radical (unpaired) electrons. The standard InChI is InChI=1S/C29H37ClF2N4O2/c1-18-15-34(28(38)26(33)13-19-5-7-20(30)8-6-19)11-12-36(18)27(37)24-17-35(29(2,3)4)16-23(24)22-10-9-21(31)14-25(22)32/h5-10,14,18,23-24,26H,11-13,15-17,33H2,1-4H3/t18-,23-,24+,26-/m0/s1. The summed E-state index contributed by atoms with van der Waals surface area (Å²) >= 11 is 5.95. The Kier molecular flexibility index (Phi) is 8.45. The van der Waals surface area contributed by atoms with Crippen LogP contribution in [0.5, 0.6) is 0 Å². The molecule has 2 fully saturated rings. The zero-order chi connectivity index (χ0) is 27.8. The topological polar surface area (TPSA) is 69.9 Å². The van der Waals surface area contributed by atoms with Crippen LogP contribution in [0.25, 0.3) is 0 Å². The molecule has 206 valence electrons. The van der Waals surface area contributed by atoms with Crippen molar-refractivity contribution in [2.24, 2.45) is 11.7 Å². The van der Waals surface area contributed by atoms with Crippen molar-refractivity contribution in [2.45, 2.75) is 57.7 Å². The van der Waals surface area contributed by atoms with Gasteiger partial charge in [-0.25, -0.2) is 8.78 Å². The van der Waals surface area contributed by atoms with Crippen LogP contribution in [0.2, 0.25) is 5.02 Å². The Balaban J connectivity index is 1.45. The molecule has 6 nitrogen and oxygen atoms in total. The van der Waals surface area contributed by atoms with E-state index in [4.69, 9.17) is 17.3 Å². The minimum Gasteiger partial charge on any atom is -0.338 e. The Labute approximate surface area is 228 Å². The van der Waals surface area contributed by atoms with E-state index in [0.29, 0.717) is 49.7 Å². The summed E-state index contributed by atoms with van der Waals surface area (Å²) < 4.78 is 28.5. The molecule has 38 heavy (non-hydrogen) atoms. The number of nitrogens with zero attached hydrogens (tertiary/aromatic N) is 3. The van der Waals surface area contributed by atoms with Crippen LogP contribution in [-0.4, -0.2) is 76.9 Å². The van der Waals surface area contributed by atoms with E-state index >= 15 is 0 Å². The lowest BCUT2D eigenvalue weighted by Gasteiger charge is -2.42. The maximum absolute atomic E-state index is 14.8. The third kappa shape index (κ3) is 6.19. The van der Waals surface area contributed by atoms with Crippen molar-refractivity contribution in [1.29, 1.82) is 0 Å². The molecule has 0 unspecified atom stereocenters. The smallest absolute Gasteiger partial charge is 0.239 e. The summed E-state index contributed by atoms with van der Waals surface area (Å²) in [6, 6.07) is 9.96. The lowest BCUT2D eigenvalue weighted by molar-refractivity contribution is -0.145. The minimum absolute atomic E-state index is 0.0597. The maximum atomic E-state index is 14.8. The van der Waals surface area contributed by atoms with Crippen molar-refractivity contribution in [3.05, 3.63) is 70.2 Å². The summed E-state index contributed by atoms with van der Waals surface area (Å²) in [4.78, 5) is 32.7. The van der Waals surface area contributed by atoms with Crippen LogP contribution in [0, 0.1) is 17.6 Å². The fourth-order valence-corrected chi connectivity index (χ4v) is 5.74. The van der Waals surface area contributed by atoms with Crippen LogP contribution in [0.3, 0.4) is 0 Å². The van der Waals surface area contributed by atoms with Crippen LogP contribution in [0.1, 0.15) is 44.7 Å². The molecule has 4 atom stereocenters. The number of halogens is 3. The van der Waals surface area contributed by atoms with Gasteiger partial charge in [-0.15, -0.1) is 0 Å². The second-order valence-corrected chi connectivity index (χ2v) is 12.0. The highest BCUT2D eigenvalue weighted by atomic mass is 35.5. The number of likely N-dealkylation sites (tertiary alicyclic amines) is 1. The summed E-state index contributed by atoms with van der Waals surface area (Å²) in [5.41, 5.74) is 7.34. The summed E-state index contributed by atoms with van der Waals surface area (Å²) in [6.45, 7) is 10.3. The zero-order valence-electron chi connectivity index (χ0n) is 22.5. The number of amides is 2. The highest BCUT2D eigenvalue weighted by Gasteiger charge is 2.45. The van der Waals surface area contributed by atoms with E-state index < -0.39 is 23.6 Å². The number of benzene rings is 2. The van der Waals surface area contributed by atoms with Gasteiger partial charge in [0.05, 0.1) is 12.0 Å². The van der Waals surface area contributed by atoms with E-state index in [1.807, 2.05) is 19.1 Å². The second-order valence-electron chi connectivity index (χ2n) is 11.6. The average Bonchev–Trinajstić information content (AvgIpc) is 3.30. The Morgan fingerprint density at radius 2 is 1.74 bits per heavy atom. The molecule has 0 aromatic heterocycles. The van der Waals surface area contributed by atoms with Gasteiger partial charge in [-0.1, -0.05) is 29.8 Å². The molecule has 0 spiro atoms. The monoisotopic (exact) mass is 546 g/mol. The largest absolute Gasteiger partial charge is 0.338 e. The molecule has 0 bridgehead atoms. The van der Waals surface area contributed by atoms with Gasteiger partial charge in [0.15, 0.2) is 0 Å². The average molecular weight is 547 g/mol. The van der Waals surface area contributed by atoms with Gasteiger partial charge >= 0.3 is 0 Å². The molecule has 4 rings (SSSR count). The quantitative estimate of drug-likeness (QED) is 0.614. The number of carbonyl (C=O) groups is 2. The molecule has 2 N–H and O–H groups in total. The van der Waals surface area contributed by atoms with Gasteiger partial charge in [0, 0.05) is 61.3 Å². The molecule has 2 aliphatic heterocycles. The molecular weight excluding hydrogens is 510 g/mol. The van der Waals surface area contributed by atoms with Crippen LogP contribution < -0.4 is 5.73 Å². The third-order valence-electron chi connectivity index (χ3n) is 7.86. The van der Waals surface area contributed by atoms with E-state index in [1.165, 1.54) is 12.1 Å². The lowest BCUT2D eigenvalue weighted by atomic mass is 9.87. The highest BCUT2D eigenvalue weighted by Crippen LogP contribution is 2.39. The predicted octanol–water partition coefficient (Wildman–Crippen LogP) is 4.06. The fraction of sp³-hybridized carbons (Fsp3) is 0.517. The minimum atomic E-state index is -0.688. The van der Waals surface area contributed by atoms with Crippen molar-refractivity contribution in [1.82, 2.24) is 14.7 Å². The van der Waals surface area contributed by atoms with E-state index in [2.05, 4.69) is 25.7 Å². The predicted molar refractivity (Wildman–Crippen MR) is 145 cm³/mol. The maximum Gasteiger partial charge on any atom is 0.239 e. The first kappa shape index (κ1) is 28.5. The SMILES string of the molecule is C[C@H]1CN(C(=O)[C@@H](N)Cc2ccc(Cl)cc2)CCN1C(=O)[C@@H]1CN(C(C)(C)C)C[C@H]1c1ccc(F)cc1F. The van der Waals surface area contributed by atoms with Crippen LogP contribution >= 0.6 is 11.6 Å². The normalized spacial score (nSPS) is 23.5. The number of rotatable bonds is 5. The number of carbonyl (C=O) groups excluding carboxylic acids is 2. The number of piperazine rings is 1.